The Balaban J connectivity index is 1.84. The van der Waals surface area contributed by atoms with Crippen LogP contribution in [0, 0.1) is 5.92 Å². The molecule has 3 heteroatoms. The Morgan fingerprint density at radius 1 is 1.47 bits per heavy atom. The van der Waals surface area contributed by atoms with Gasteiger partial charge in [0.15, 0.2) is 0 Å². The molecule has 0 saturated heterocycles. The average molecular weight is 224 g/mol. The number of nitrogens with one attached hydrogen (secondary N) is 1. The summed E-state index contributed by atoms with van der Waals surface area (Å²) in [4.78, 5) is 1.28. The van der Waals surface area contributed by atoms with E-state index in [9.17, 15) is 0 Å². The van der Waals surface area contributed by atoms with E-state index in [2.05, 4.69) is 17.6 Å². The molecule has 0 aromatic carbocycles. The summed E-state index contributed by atoms with van der Waals surface area (Å²) in [5.41, 5.74) is 6.80. The number of anilines is 1. The van der Waals surface area contributed by atoms with E-state index in [-0.39, 0.29) is 0 Å². The van der Waals surface area contributed by atoms with Crippen molar-refractivity contribution in [1.82, 2.24) is 5.32 Å². The maximum atomic E-state index is 5.86. The number of rotatable bonds is 3. The third-order valence-corrected chi connectivity index (χ3v) is 4.35. The first-order valence-electron chi connectivity index (χ1n) is 5.82. The number of hydrogen-bond donors (Lipinski definition) is 2. The van der Waals surface area contributed by atoms with E-state index in [1.54, 1.807) is 11.3 Å². The lowest BCUT2D eigenvalue weighted by atomic mass is 9.86. The standard InChI is InChI=1S/C12H20N2S/c1-9-4-2-3-5-11(9)14-8-12-10(13)6-7-15-12/h6-7,9,11,14H,2-5,8,13H2,1H3. The fourth-order valence-electron chi connectivity index (χ4n) is 2.34. The van der Waals surface area contributed by atoms with E-state index >= 15 is 0 Å². The van der Waals surface area contributed by atoms with Gasteiger partial charge in [-0.1, -0.05) is 19.8 Å². The summed E-state index contributed by atoms with van der Waals surface area (Å²) in [5, 5.41) is 5.71. The van der Waals surface area contributed by atoms with Crippen molar-refractivity contribution in [2.24, 2.45) is 5.92 Å². The van der Waals surface area contributed by atoms with Crippen LogP contribution in [0.25, 0.3) is 0 Å². The van der Waals surface area contributed by atoms with Gasteiger partial charge in [-0.15, -0.1) is 11.3 Å². The molecule has 0 bridgehead atoms. The van der Waals surface area contributed by atoms with Crippen LogP contribution in [0.15, 0.2) is 11.4 Å². The molecular weight excluding hydrogens is 204 g/mol. The molecule has 2 rings (SSSR count). The van der Waals surface area contributed by atoms with Crippen molar-refractivity contribution >= 4 is 17.0 Å². The number of nitrogens with two attached hydrogens (primary N) is 1. The summed E-state index contributed by atoms with van der Waals surface area (Å²) in [6.07, 6.45) is 5.48. The predicted octanol–water partition coefficient (Wildman–Crippen LogP) is 3.00. The van der Waals surface area contributed by atoms with Gasteiger partial charge >= 0.3 is 0 Å². The van der Waals surface area contributed by atoms with E-state index in [0.29, 0.717) is 6.04 Å². The van der Waals surface area contributed by atoms with E-state index in [0.717, 1.165) is 18.2 Å². The molecule has 15 heavy (non-hydrogen) atoms. The average Bonchev–Trinajstić information content (AvgIpc) is 2.63. The molecule has 0 aliphatic heterocycles. The third-order valence-electron chi connectivity index (χ3n) is 3.42. The Morgan fingerprint density at radius 3 is 2.93 bits per heavy atom. The molecule has 0 amide bonds. The quantitative estimate of drug-likeness (QED) is 0.828. The number of hydrogen-bond acceptors (Lipinski definition) is 3. The molecule has 2 atom stereocenters. The molecule has 0 radical (unpaired) electrons. The second-order valence-corrected chi connectivity index (χ2v) is 5.55. The molecule has 1 aromatic heterocycles. The summed E-state index contributed by atoms with van der Waals surface area (Å²) in [5.74, 6) is 0.819. The van der Waals surface area contributed by atoms with Crippen LogP contribution in [0.5, 0.6) is 0 Å². The normalized spacial score (nSPS) is 26.7. The van der Waals surface area contributed by atoms with Gasteiger partial charge in [-0.3, -0.25) is 0 Å². The van der Waals surface area contributed by atoms with Gasteiger partial charge in [0.2, 0.25) is 0 Å². The zero-order valence-corrected chi connectivity index (χ0v) is 10.1. The van der Waals surface area contributed by atoms with Crippen LogP contribution in [-0.4, -0.2) is 6.04 Å². The van der Waals surface area contributed by atoms with Crippen LogP contribution < -0.4 is 11.1 Å². The van der Waals surface area contributed by atoms with Gasteiger partial charge in [-0.05, 0) is 30.2 Å². The van der Waals surface area contributed by atoms with Gasteiger partial charge in [0.05, 0.1) is 0 Å². The molecular formula is C12H20N2S. The monoisotopic (exact) mass is 224 g/mol. The van der Waals surface area contributed by atoms with E-state index in [4.69, 9.17) is 5.73 Å². The van der Waals surface area contributed by atoms with E-state index in [1.807, 2.05) is 6.07 Å². The van der Waals surface area contributed by atoms with Crippen LogP contribution >= 0.6 is 11.3 Å². The van der Waals surface area contributed by atoms with Crippen molar-refractivity contribution in [3.05, 3.63) is 16.3 Å². The van der Waals surface area contributed by atoms with Crippen LogP contribution in [-0.2, 0) is 6.54 Å². The minimum Gasteiger partial charge on any atom is -0.398 e. The summed E-state index contributed by atoms with van der Waals surface area (Å²) < 4.78 is 0. The molecule has 2 unspecified atom stereocenters. The van der Waals surface area contributed by atoms with Crippen molar-refractivity contribution in [2.75, 3.05) is 5.73 Å². The summed E-state index contributed by atoms with van der Waals surface area (Å²) in [6, 6.07) is 2.69. The molecule has 1 saturated carbocycles. The van der Waals surface area contributed by atoms with Crippen LogP contribution in [0.4, 0.5) is 5.69 Å². The summed E-state index contributed by atoms with van der Waals surface area (Å²) in [7, 11) is 0. The molecule has 84 valence electrons. The van der Waals surface area contributed by atoms with Gasteiger partial charge < -0.3 is 11.1 Å². The van der Waals surface area contributed by atoms with Crippen LogP contribution in [0.3, 0.4) is 0 Å². The van der Waals surface area contributed by atoms with E-state index < -0.39 is 0 Å². The lowest BCUT2D eigenvalue weighted by molar-refractivity contribution is 0.280. The Morgan fingerprint density at radius 2 is 2.27 bits per heavy atom. The second-order valence-electron chi connectivity index (χ2n) is 4.55. The maximum Gasteiger partial charge on any atom is 0.0468 e. The van der Waals surface area contributed by atoms with Gasteiger partial charge in [0, 0.05) is 23.2 Å². The third kappa shape index (κ3) is 2.73. The summed E-state index contributed by atoms with van der Waals surface area (Å²) >= 11 is 1.75. The largest absolute Gasteiger partial charge is 0.398 e. The Bertz CT molecular complexity index is 308. The molecule has 1 fully saturated rings. The van der Waals surface area contributed by atoms with Crippen molar-refractivity contribution in [2.45, 2.75) is 45.2 Å². The molecule has 0 spiro atoms. The van der Waals surface area contributed by atoms with Gasteiger partial charge in [0.25, 0.3) is 0 Å². The highest BCUT2D eigenvalue weighted by atomic mass is 32.1. The molecule has 2 nitrogen and oxygen atoms in total. The van der Waals surface area contributed by atoms with Gasteiger partial charge in [-0.2, -0.15) is 0 Å². The lowest BCUT2D eigenvalue weighted by Gasteiger charge is -2.29. The van der Waals surface area contributed by atoms with Crippen LogP contribution in [0.2, 0.25) is 0 Å². The summed E-state index contributed by atoms with van der Waals surface area (Å²) in [6.45, 7) is 3.30. The molecule has 1 aromatic rings. The molecule has 1 heterocycles. The molecule has 3 N–H and O–H groups in total. The van der Waals surface area contributed by atoms with Crippen molar-refractivity contribution in [1.29, 1.82) is 0 Å². The van der Waals surface area contributed by atoms with Gasteiger partial charge in [-0.25, -0.2) is 0 Å². The topological polar surface area (TPSA) is 38.0 Å². The number of thiophene rings is 1. The van der Waals surface area contributed by atoms with E-state index in [1.165, 1.54) is 30.6 Å². The smallest absolute Gasteiger partial charge is 0.0468 e. The van der Waals surface area contributed by atoms with Crippen molar-refractivity contribution in [3.63, 3.8) is 0 Å². The Labute approximate surface area is 95.9 Å². The van der Waals surface area contributed by atoms with Crippen molar-refractivity contribution < 1.29 is 0 Å². The lowest BCUT2D eigenvalue weighted by Crippen LogP contribution is -2.36. The maximum absolute atomic E-state index is 5.86. The highest BCUT2D eigenvalue weighted by Gasteiger charge is 2.20. The van der Waals surface area contributed by atoms with Gasteiger partial charge in [0.1, 0.15) is 0 Å². The van der Waals surface area contributed by atoms with Crippen molar-refractivity contribution in [3.8, 4) is 0 Å². The predicted molar refractivity (Wildman–Crippen MR) is 67.0 cm³/mol. The molecule has 1 aliphatic carbocycles. The highest BCUT2D eigenvalue weighted by Crippen LogP contribution is 2.25. The fourth-order valence-corrected chi connectivity index (χ4v) is 3.09. The first-order chi connectivity index (χ1) is 7.27. The minimum absolute atomic E-state index is 0.695. The molecule has 1 aliphatic rings. The Hall–Kier alpha value is -0.540. The second kappa shape index (κ2) is 4.99. The zero-order valence-electron chi connectivity index (χ0n) is 9.33. The fraction of sp³-hybridized carbons (Fsp3) is 0.667. The minimum atomic E-state index is 0.695. The zero-order chi connectivity index (χ0) is 10.7. The highest BCUT2D eigenvalue weighted by molar-refractivity contribution is 7.10. The first-order valence-corrected chi connectivity index (χ1v) is 6.70. The van der Waals surface area contributed by atoms with Crippen LogP contribution in [0.1, 0.15) is 37.5 Å². The number of nitrogen functional groups attached to an aromatic ring is 1. The SMILES string of the molecule is CC1CCCCC1NCc1sccc1N. The Kier molecular flexibility index (Phi) is 3.65. The first kappa shape index (κ1) is 11.0.